The Kier molecular flexibility index (Phi) is 3.67. The molecule has 0 aromatic heterocycles. The highest BCUT2D eigenvalue weighted by Gasteiger charge is 2.36. The standard InChI is InChI=1S/C10H18N2O2S/c1-7(8(11)15)9(13)12-4-5-14-6-10(12,2)3/h7H,4-6H2,1-3H3,(H2,11,15). The normalized spacial score (nSPS) is 22.2. The van der Waals surface area contributed by atoms with Gasteiger partial charge < -0.3 is 15.4 Å². The predicted molar refractivity (Wildman–Crippen MR) is 62.6 cm³/mol. The van der Waals surface area contributed by atoms with Gasteiger partial charge in [-0.2, -0.15) is 0 Å². The third-order valence-electron chi connectivity index (χ3n) is 2.71. The molecule has 4 nitrogen and oxygen atoms in total. The molecule has 5 heteroatoms. The highest BCUT2D eigenvalue weighted by Crippen LogP contribution is 2.21. The number of thiocarbonyl (C=S) groups is 1. The van der Waals surface area contributed by atoms with Crippen molar-refractivity contribution < 1.29 is 9.53 Å². The molecule has 1 fully saturated rings. The van der Waals surface area contributed by atoms with Crippen LogP contribution >= 0.6 is 12.2 Å². The van der Waals surface area contributed by atoms with Crippen LogP contribution in [-0.2, 0) is 9.53 Å². The molecule has 0 aromatic rings. The van der Waals surface area contributed by atoms with Crippen LogP contribution in [0.3, 0.4) is 0 Å². The number of hydrogen-bond acceptors (Lipinski definition) is 3. The van der Waals surface area contributed by atoms with Crippen molar-refractivity contribution in [2.24, 2.45) is 11.7 Å². The van der Waals surface area contributed by atoms with Crippen LogP contribution in [0.4, 0.5) is 0 Å². The summed E-state index contributed by atoms with van der Waals surface area (Å²) in [6.07, 6.45) is 0. The molecular weight excluding hydrogens is 212 g/mol. The Balaban J connectivity index is 2.77. The van der Waals surface area contributed by atoms with Crippen molar-refractivity contribution >= 4 is 23.1 Å². The maximum atomic E-state index is 12.1. The summed E-state index contributed by atoms with van der Waals surface area (Å²) in [6.45, 7) is 7.46. The third-order valence-corrected chi connectivity index (χ3v) is 3.06. The van der Waals surface area contributed by atoms with Gasteiger partial charge in [0, 0.05) is 6.54 Å². The van der Waals surface area contributed by atoms with Gasteiger partial charge in [0.15, 0.2) is 0 Å². The Morgan fingerprint density at radius 3 is 2.67 bits per heavy atom. The van der Waals surface area contributed by atoms with Crippen LogP contribution in [0, 0.1) is 5.92 Å². The molecule has 1 rings (SSSR count). The number of rotatable bonds is 2. The fourth-order valence-electron chi connectivity index (χ4n) is 1.62. The maximum Gasteiger partial charge on any atom is 0.232 e. The van der Waals surface area contributed by atoms with Gasteiger partial charge in [-0.3, -0.25) is 4.79 Å². The largest absolute Gasteiger partial charge is 0.393 e. The monoisotopic (exact) mass is 230 g/mol. The Morgan fingerprint density at radius 1 is 1.60 bits per heavy atom. The van der Waals surface area contributed by atoms with Crippen molar-refractivity contribution in [3.63, 3.8) is 0 Å². The summed E-state index contributed by atoms with van der Waals surface area (Å²) in [5.74, 6) is -0.395. The number of ether oxygens (including phenoxy) is 1. The van der Waals surface area contributed by atoms with Crippen LogP contribution in [0.25, 0.3) is 0 Å². The summed E-state index contributed by atoms with van der Waals surface area (Å²) in [7, 11) is 0. The molecule has 0 bridgehead atoms. The molecule has 1 unspecified atom stereocenters. The lowest BCUT2D eigenvalue weighted by molar-refractivity contribution is -0.148. The molecule has 0 aliphatic carbocycles. The molecule has 86 valence electrons. The zero-order chi connectivity index (χ0) is 11.6. The number of carbonyl (C=O) groups is 1. The molecule has 15 heavy (non-hydrogen) atoms. The molecule has 0 spiro atoms. The topological polar surface area (TPSA) is 55.6 Å². The van der Waals surface area contributed by atoms with E-state index in [0.717, 1.165) is 0 Å². The van der Waals surface area contributed by atoms with E-state index in [0.29, 0.717) is 19.8 Å². The highest BCUT2D eigenvalue weighted by atomic mass is 32.1. The molecule has 1 heterocycles. The third kappa shape index (κ3) is 2.66. The first-order valence-corrected chi connectivity index (χ1v) is 5.45. The molecule has 1 aliphatic heterocycles. The molecule has 0 aromatic carbocycles. The lowest BCUT2D eigenvalue weighted by Gasteiger charge is -2.43. The summed E-state index contributed by atoms with van der Waals surface area (Å²) < 4.78 is 5.35. The summed E-state index contributed by atoms with van der Waals surface area (Å²) in [5, 5.41) is 0. The lowest BCUT2D eigenvalue weighted by atomic mass is 9.99. The van der Waals surface area contributed by atoms with Crippen LogP contribution in [0.2, 0.25) is 0 Å². The molecular formula is C10H18N2O2S. The fraction of sp³-hybridized carbons (Fsp3) is 0.800. The second-order valence-corrected chi connectivity index (χ2v) is 4.95. The number of carbonyl (C=O) groups excluding carboxylic acids is 1. The Labute approximate surface area is 95.8 Å². The van der Waals surface area contributed by atoms with Crippen LogP contribution in [0.5, 0.6) is 0 Å². The van der Waals surface area contributed by atoms with E-state index in [2.05, 4.69) is 0 Å². The summed E-state index contributed by atoms with van der Waals surface area (Å²) in [5.41, 5.74) is 5.22. The quantitative estimate of drug-likeness (QED) is 0.704. The number of morpholine rings is 1. The SMILES string of the molecule is CC(C(=O)N1CCOCC1(C)C)C(N)=S. The molecule has 1 atom stereocenters. The van der Waals surface area contributed by atoms with E-state index in [-0.39, 0.29) is 16.4 Å². The second-order valence-electron chi connectivity index (χ2n) is 4.48. The maximum absolute atomic E-state index is 12.1. The van der Waals surface area contributed by atoms with Crippen molar-refractivity contribution in [2.45, 2.75) is 26.3 Å². The van der Waals surface area contributed by atoms with Crippen molar-refractivity contribution in [3.05, 3.63) is 0 Å². The second kappa shape index (κ2) is 4.45. The van der Waals surface area contributed by atoms with Crippen molar-refractivity contribution in [3.8, 4) is 0 Å². The average Bonchev–Trinajstić information content (AvgIpc) is 2.15. The van der Waals surface area contributed by atoms with Crippen LogP contribution < -0.4 is 5.73 Å². The van der Waals surface area contributed by atoms with Gasteiger partial charge in [0.1, 0.15) is 0 Å². The van der Waals surface area contributed by atoms with E-state index >= 15 is 0 Å². The van der Waals surface area contributed by atoms with Gasteiger partial charge in [-0.1, -0.05) is 12.2 Å². The zero-order valence-corrected chi connectivity index (χ0v) is 10.3. The van der Waals surface area contributed by atoms with Crippen molar-refractivity contribution in [1.29, 1.82) is 0 Å². The highest BCUT2D eigenvalue weighted by molar-refractivity contribution is 7.80. The molecule has 1 amide bonds. The Hall–Kier alpha value is -0.680. The van der Waals surface area contributed by atoms with Crippen LogP contribution in [-0.4, -0.2) is 41.1 Å². The van der Waals surface area contributed by atoms with E-state index in [1.165, 1.54) is 0 Å². The summed E-state index contributed by atoms with van der Waals surface area (Å²) in [4.78, 5) is 14.1. The average molecular weight is 230 g/mol. The van der Waals surface area contributed by atoms with Gasteiger partial charge in [0.2, 0.25) is 5.91 Å². The number of nitrogens with zero attached hydrogens (tertiary/aromatic N) is 1. The first-order valence-electron chi connectivity index (χ1n) is 5.05. The molecule has 1 saturated heterocycles. The number of amides is 1. The minimum Gasteiger partial charge on any atom is -0.393 e. The van der Waals surface area contributed by atoms with Gasteiger partial charge >= 0.3 is 0 Å². The Bertz CT molecular complexity index is 279. The van der Waals surface area contributed by atoms with E-state index in [1.807, 2.05) is 13.8 Å². The predicted octanol–water partition coefficient (Wildman–Crippen LogP) is 0.546. The number of nitrogens with two attached hydrogens (primary N) is 1. The van der Waals surface area contributed by atoms with Gasteiger partial charge in [-0.25, -0.2) is 0 Å². The first-order chi connectivity index (χ1) is 6.86. The zero-order valence-electron chi connectivity index (χ0n) is 9.45. The minimum absolute atomic E-state index is 0.00389. The molecule has 0 saturated carbocycles. The van der Waals surface area contributed by atoms with E-state index in [1.54, 1.807) is 11.8 Å². The van der Waals surface area contributed by atoms with Gasteiger partial charge in [0.05, 0.1) is 29.7 Å². The minimum atomic E-state index is -0.391. The summed E-state index contributed by atoms with van der Waals surface area (Å²) in [6, 6.07) is 0. The van der Waals surface area contributed by atoms with Crippen LogP contribution in [0.1, 0.15) is 20.8 Å². The fourth-order valence-corrected chi connectivity index (χ4v) is 1.72. The molecule has 1 aliphatic rings. The van der Waals surface area contributed by atoms with E-state index in [9.17, 15) is 4.79 Å². The van der Waals surface area contributed by atoms with E-state index < -0.39 is 5.92 Å². The number of hydrogen-bond donors (Lipinski definition) is 1. The lowest BCUT2D eigenvalue weighted by Crippen LogP contribution is -2.57. The first kappa shape index (κ1) is 12.4. The molecule has 2 N–H and O–H groups in total. The van der Waals surface area contributed by atoms with Crippen LogP contribution in [0.15, 0.2) is 0 Å². The van der Waals surface area contributed by atoms with Crippen molar-refractivity contribution in [1.82, 2.24) is 4.90 Å². The van der Waals surface area contributed by atoms with E-state index in [4.69, 9.17) is 22.7 Å². The van der Waals surface area contributed by atoms with Gasteiger partial charge in [-0.05, 0) is 20.8 Å². The summed E-state index contributed by atoms with van der Waals surface area (Å²) >= 11 is 4.84. The van der Waals surface area contributed by atoms with Crippen molar-refractivity contribution in [2.75, 3.05) is 19.8 Å². The Morgan fingerprint density at radius 2 is 2.20 bits per heavy atom. The van der Waals surface area contributed by atoms with Gasteiger partial charge in [-0.15, -0.1) is 0 Å². The molecule has 0 radical (unpaired) electrons. The van der Waals surface area contributed by atoms with Gasteiger partial charge in [0.25, 0.3) is 0 Å². The smallest absolute Gasteiger partial charge is 0.232 e.